The number of halogens is 1. The Balaban J connectivity index is 1.46. The molecule has 1 N–H and O–H groups in total. The van der Waals surface area contributed by atoms with Crippen molar-refractivity contribution in [2.45, 2.75) is 25.7 Å². The van der Waals surface area contributed by atoms with E-state index < -0.39 is 0 Å². The van der Waals surface area contributed by atoms with Crippen molar-refractivity contribution in [3.63, 3.8) is 0 Å². The van der Waals surface area contributed by atoms with Crippen molar-refractivity contribution in [3.05, 3.63) is 39.3 Å². The van der Waals surface area contributed by atoms with Gasteiger partial charge in [0.1, 0.15) is 10.0 Å². The van der Waals surface area contributed by atoms with E-state index in [0.29, 0.717) is 17.5 Å². The highest BCUT2D eigenvalue weighted by Gasteiger charge is 2.24. The van der Waals surface area contributed by atoms with Crippen LogP contribution in [0.4, 0.5) is 5.69 Å². The maximum atomic E-state index is 12.1. The average Bonchev–Trinajstić information content (AvgIpc) is 2.97. The third-order valence-electron chi connectivity index (χ3n) is 3.97. The topological polar surface area (TPSA) is 58.1 Å². The van der Waals surface area contributed by atoms with Crippen LogP contribution >= 0.6 is 22.9 Å². The molecule has 7 heteroatoms. The van der Waals surface area contributed by atoms with Crippen molar-refractivity contribution >= 4 is 34.5 Å². The summed E-state index contributed by atoms with van der Waals surface area (Å²) in [7, 11) is 0. The number of anilines is 1. The molecule has 1 aromatic heterocycles. The van der Waals surface area contributed by atoms with Gasteiger partial charge in [-0.15, -0.1) is 21.5 Å². The number of aryl methyl sites for hydroxylation is 1. The third-order valence-corrected chi connectivity index (χ3v) is 5.23. The number of rotatable bonds is 4. The van der Waals surface area contributed by atoms with Crippen LogP contribution in [-0.4, -0.2) is 40.6 Å². The summed E-state index contributed by atoms with van der Waals surface area (Å²) in [5.41, 5.74) is 0.777. The van der Waals surface area contributed by atoms with Crippen molar-refractivity contribution in [1.82, 2.24) is 15.1 Å². The molecule has 0 unspecified atom stereocenters. The van der Waals surface area contributed by atoms with Crippen molar-refractivity contribution in [2.75, 3.05) is 25.0 Å². The van der Waals surface area contributed by atoms with Gasteiger partial charge in [0.05, 0.1) is 6.54 Å². The van der Waals surface area contributed by atoms with Gasteiger partial charge in [-0.2, -0.15) is 0 Å². The molecule has 0 atom stereocenters. The zero-order valence-corrected chi connectivity index (χ0v) is 14.5. The molecule has 122 valence electrons. The molecular formula is C16H19ClN4OS. The van der Waals surface area contributed by atoms with Gasteiger partial charge in [-0.1, -0.05) is 11.6 Å². The Morgan fingerprint density at radius 3 is 2.61 bits per heavy atom. The van der Waals surface area contributed by atoms with Gasteiger partial charge in [-0.3, -0.25) is 9.69 Å². The summed E-state index contributed by atoms with van der Waals surface area (Å²) in [5, 5.41) is 14.1. The van der Waals surface area contributed by atoms with Gasteiger partial charge in [0.15, 0.2) is 0 Å². The van der Waals surface area contributed by atoms with Gasteiger partial charge in [0, 0.05) is 16.6 Å². The first-order valence-corrected chi connectivity index (χ1v) is 8.87. The highest BCUT2D eigenvalue weighted by atomic mass is 35.5. The minimum atomic E-state index is 0.0116. The molecule has 2 heterocycles. The largest absolute Gasteiger partial charge is 0.325 e. The quantitative estimate of drug-likeness (QED) is 0.919. The van der Waals surface area contributed by atoms with Gasteiger partial charge < -0.3 is 5.32 Å². The van der Waals surface area contributed by atoms with Gasteiger partial charge in [-0.25, -0.2) is 0 Å². The highest BCUT2D eigenvalue weighted by molar-refractivity contribution is 7.11. The molecule has 0 saturated carbocycles. The van der Waals surface area contributed by atoms with E-state index in [9.17, 15) is 4.79 Å². The van der Waals surface area contributed by atoms with Gasteiger partial charge in [0.2, 0.25) is 5.91 Å². The number of carbonyl (C=O) groups excluding carboxylic acids is 1. The van der Waals surface area contributed by atoms with Gasteiger partial charge >= 0.3 is 0 Å². The van der Waals surface area contributed by atoms with E-state index in [1.807, 2.05) is 19.1 Å². The number of hydrogen-bond donors (Lipinski definition) is 1. The Labute approximate surface area is 144 Å². The standard InChI is InChI=1S/C16H19ClN4OS/c1-11-19-20-16(23-11)12-6-8-21(9-7-12)10-15(22)18-14-4-2-13(17)3-5-14/h2-5,12H,6-10H2,1H3,(H,18,22). The number of amides is 1. The third kappa shape index (κ3) is 4.50. The minimum Gasteiger partial charge on any atom is -0.325 e. The Hall–Kier alpha value is -1.50. The van der Waals surface area contributed by atoms with E-state index in [-0.39, 0.29) is 5.91 Å². The molecule has 0 bridgehead atoms. The minimum absolute atomic E-state index is 0.0116. The molecule has 2 aromatic rings. The van der Waals surface area contributed by atoms with Crippen LogP contribution in [0, 0.1) is 6.92 Å². The second kappa shape index (κ2) is 7.38. The van der Waals surface area contributed by atoms with Crippen molar-refractivity contribution < 1.29 is 4.79 Å². The normalized spacial score (nSPS) is 16.4. The molecule has 1 amide bonds. The molecule has 3 rings (SSSR count). The summed E-state index contributed by atoms with van der Waals surface area (Å²) in [4.78, 5) is 14.3. The van der Waals surface area contributed by atoms with Crippen LogP contribution < -0.4 is 5.32 Å². The molecule has 1 saturated heterocycles. The number of likely N-dealkylation sites (tertiary alicyclic amines) is 1. The second-order valence-corrected chi connectivity index (χ2v) is 7.41. The Morgan fingerprint density at radius 1 is 1.30 bits per heavy atom. The van der Waals surface area contributed by atoms with E-state index in [0.717, 1.165) is 41.6 Å². The summed E-state index contributed by atoms with van der Waals surface area (Å²) in [6.45, 7) is 4.23. The van der Waals surface area contributed by atoms with Gasteiger partial charge in [0.25, 0.3) is 0 Å². The van der Waals surface area contributed by atoms with Crippen LogP contribution in [0.15, 0.2) is 24.3 Å². The van der Waals surface area contributed by atoms with E-state index in [4.69, 9.17) is 11.6 Å². The van der Waals surface area contributed by atoms with E-state index >= 15 is 0 Å². The lowest BCUT2D eigenvalue weighted by Crippen LogP contribution is -2.38. The first kappa shape index (κ1) is 16.4. The monoisotopic (exact) mass is 350 g/mol. The van der Waals surface area contributed by atoms with E-state index in [2.05, 4.69) is 20.4 Å². The van der Waals surface area contributed by atoms with Crippen LogP contribution in [0.1, 0.15) is 28.8 Å². The number of aromatic nitrogens is 2. The Bertz CT molecular complexity index is 665. The predicted molar refractivity (Wildman–Crippen MR) is 93.1 cm³/mol. The Morgan fingerprint density at radius 2 is 2.00 bits per heavy atom. The SMILES string of the molecule is Cc1nnc(C2CCN(CC(=O)Nc3ccc(Cl)cc3)CC2)s1. The van der Waals surface area contributed by atoms with Crippen molar-refractivity contribution in [3.8, 4) is 0 Å². The Kier molecular flexibility index (Phi) is 5.25. The smallest absolute Gasteiger partial charge is 0.238 e. The number of piperidine rings is 1. The highest BCUT2D eigenvalue weighted by Crippen LogP contribution is 2.29. The summed E-state index contributed by atoms with van der Waals surface area (Å²) >= 11 is 7.52. The van der Waals surface area contributed by atoms with Crippen LogP contribution in [0.5, 0.6) is 0 Å². The summed E-state index contributed by atoms with van der Waals surface area (Å²) in [6, 6.07) is 7.16. The second-order valence-electron chi connectivity index (χ2n) is 5.76. The summed E-state index contributed by atoms with van der Waals surface area (Å²) in [6.07, 6.45) is 2.06. The lowest BCUT2D eigenvalue weighted by atomic mass is 9.98. The zero-order chi connectivity index (χ0) is 16.2. The average molecular weight is 351 g/mol. The van der Waals surface area contributed by atoms with Crippen LogP contribution in [0.2, 0.25) is 5.02 Å². The van der Waals surface area contributed by atoms with E-state index in [1.54, 1.807) is 23.5 Å². The molecule has 23 heavy (non-hydrogen) atoms. The fourth-order valence-corrected chi connectivity index (χ4v) is 3.75. The molecule has 1 aliphatic rings. The fraction of sp³-hybridized carbons (Fsp3) is 0.438. The van der Waals surface area contributed by atoms with Crippen molar-refractivity contribution in [1.29, 1.82) is 0 Å². The number of nitrogens with one attached hydrogen (secondary N) is 1. The molecule has 5 nitrogen and oxygen atoms in total. The first-order chi connectivity index (χ1) is 11.1. The van der Waals surface area contributed by atoms with Gasteiger partial charge in [-0.05, 0) is 57.1 Å². The number of nitrogens with zero attached hydrogens (tertiary/aromatic N) is 3. The fourth-order valence-electron chi connectivity index (χ4n) is 2.75. The van der Waals surface area contributed by atoms with Crippen LogP contribution in [0.25, 0.3) is 0 Å². The molecule has 0 radical (unpaired) electrons. The summed E-state index contributed by atoms with van der Waals surface area (Å²) in [5.74, 6) is 0.495. The molecule has 0 spiro atoms. The molecule has 0 aliphatic carbocycles. The summed E-state index contributed by atoms with van der Waals surface area (Å²) < 4.78 is 0. The van der Waals surface area contributed by atoms with E-state index in [1.165, 1.54) is 0 Å². The lowest BCUT2D eigenvalue weighted by Gasteiger charge is -2.30. The first-order valence-electron chi connectivity index (χ1n) is 7.68. The van der Waals surface area contributed by atoms with Crippen molar-refractivity contribution in [2.24, 2.45) is 0 Å². The van der Waals surface area contributed by atoms with Crippen LogP contribution in [0.3, 0.4) is 0 Å². The molecule has 1 aromatic carbocycles. The molecule has 1 aliphatic heterocycles. The maximum absolute atomic E-state index is 12.1. The van der Waals surface area contributed by atoms with Crippen LogP contribution in [-0.2, 0) is 4.79 Å². The zero-order valence-electron chi connectivity index (χ0n) is 13.0. The predicted octanol–water partition coefficient (Wildman–Crippen LogP) is 3.32. The lowest BCUT2D eigenvalue weighted by molar-refractivity contribution is -0.117. The number of benzene rings is 1. The molecule has 1 fully saturated rings. The number of carbonyl (C=O) groups is 1. The number of hydrogen-bond acceptors (Lipinski definition) is 5. The maximum Gasteiger partial charge on any atom is 0.238 e. The molecular weight excluding hydrogens is 332 g/mol.